The van der Waals surface area contributed by atoms with E-state index in [4.69, 9.17) is 18.9 Å². The maximum absolute atomic E-state index is 12.3. The molecule has 0 atom stereocenters. The minimum atomic E-state index is -0.548. The van der Waals surface area contributed by atoms with Gasteiger partial charge in [-0.05, 0) is 48.6 Å². The summed E-state index contributed by atoms with van der Waals surface area (Å²) in [5.41, 5.74) is 1.45. The Morgan fingerprint density at radius 3 is 2.21 bits per heavy atom. The molecule has 2 aromatic carbocycles. The fourth-order valence-electron chi connectivity index (χ4n) is 2.66. The van der Waals surface area contributed by atoms with Crippen molar-refractivity contribution in [3.63, 3.8) is 0 Å². The lowest BCUT2D eigenvalue weighted by atomic mass is 10.1. The summed E-state index contributed by atoms with van der Waals surface area (Å²) in [5.74, 6) is -0.122. The van der Waals surface area contributed by atoms with E-state index in [-0.39, 0.29) is 17.1 Å². The first kappa shape index (κ1) is 19.9. The van der Waals surface area contributed by atoms with Crippen LogP contribution in [-0.4, -0.2) is 25.0 Å². The van der Waals surface area contributed by atoms with Crippen LogP contribution in [0.1, 0.15) is 25.0 Å². The van der Waals surface area contributed by atoms with Crippen LogP contribution >= 0.6 is 0 Å². The van der Waals surface area contributed by atoms with Gasteiger partial charge in [0, 0.05) is 31.0 Å². The summed E-state index contributed by atoms with van der Waals surface area (Å²) in [5, 5.41) is 0. The van der Waals surface area contributed by atoms with Crippen molar-refractivity contribution in [1.82, 2.24) is 0 Å². The van der Waals surface area contributed by atoms with Crippen molar-refractivity contribution in [2.75, 3.05) is 7.11 Å². The Balaban J connectivity index is 1.94. The summed E-state index contributed by atoms with van der Waals surface area (Å²) < 4.78 is 20.7. The third-order valence-electron chi connectivity index (χ3n) is 3.91. The second kappa shape index (κ2) is 8.43. The molecule has 0 aromatic heterocycles. The zero-order chi connectivity index (χ0) is 21.0. The third-order valence-corrected chi connectivity index (χ3v) is 3.91. The van der Waals surface area contributed by atoms with Crippen LogP contribution in [0, 0.1) is 0 Å². The van der Waals surface area contributed by atoms with E-state index in [1.807, 2.05) is 0 Å². The van der Waals surface area contributed by atoms with Gasteiger partial charge in [-0.1, -0.05) is 0 Å². The molecule has 0 N–H and O–H groups in total. The van der Waals surface area contributed by atoms with Crippen molar-refractivity contribution in [3.8, 4) is 17.2 Å². The van der Waals surface area contributed by atoms with Crippen LogP contribution in [0.25, 0.3) is 11.8 Å². The van der Waals surface area contributed by atoms with Gasteiger partial charge in [-0.25, -0.2) is 4.79 Å². The van der Waals surface area contributed by atoms with Crippen molar-refractivity contribution in [2.24, 2.45) is 0 Å². The van der Waals surface area contributed by atoms with E-state index in [9.17, 15) is 14.4 Å². The largest absolute Gasteiger partial charge is 0.497 e. The van der Waals surface area contributed by atoms with Gasteiger partial charge in [0.05, 0.1) is 12.7 Å². The maximum atomic E-state index is 12.3. The number of hydrogen-bond donors (Lipinski definition) is 0. The molecule has 7 nitrogen and oxygen atoms in total. The summed E-state index contributed by atoms with van der Waals surface area (Å²) in [6, 6.07) is 11.6. The predicted octanol–water partition coefficient (Wildman–Crippen LogP) is 3.53. The van der Waals surface area contributed by atoms with Crippen molar-refractivity contribution in [1.29, 1.82) is 0 Å². The molecule has 1 aliphatic rings. The fraction of sp³-hybridized carbons (Fsp3) is 0.136. The average Bonchev–Trinajstić information content (AvgIpc) is 3.03. The van der Waals surface area contributed by atoms with E-state index < -0.39 is 17.9 Å². The Kier molecular flexibility index (Phi) is 5.78. The molecule has 1 heterocycles. The molecule has 29 heavy (non-hydrogen) atoms. The van der Waals surface area contributed by atoms with Crippen molar-refractivity contribution < 1.29 is 33.3 Å². The standard InChI is InChI=1S/C22H18O7/c1-13(23)27-19-9-6-16(21(12-19)28-14(2)24)10-17-11-20(29-22(17)25)15-4-7-18(26-3)8-5-15/h4-12H,1-3H3. The van der Waals surface area contributed by atoms with E-state index in [1.165, 1.54) is 32.1 Å². The summed E-state index contributed by atoms with van der Waals surface area (Å²) in [6.07, 6.45) is 3.14. The van der Waals surface area contributed by atoms with Crippen LogP contribution in [0.4, 0.5) is 0 Å². The second-order valence-corrected chi connectivity index (χ2v) is 6.11. The van der Waals surface area contributed by atoms with Crippen molar-refractivity contribution in [2.45, 2.75) is 13.8 Å². The molecule has 0 unspecified atom stereocenters. The Bertz CT molecular complexity index is 1030. The molecule has 0 saturated carbocycles. The number of carbonyl (C=O) groups excluding carboxylic acids is 3. The molecule has 0 amide bonds. The Morgan fingerprint density at radius 2 is 1.59 bits per heavy atom. The first-order valence-electron chi connectivity index (χ1n) is 8.66. The highest BCUT2D eigenvalue weighted by atomic mass is 16.5. The van der Waals surface area contributed by atoms with E-state index in [1.54, 1.807) is 43.5 Å². The first-order chi connectivity index (χ1) is 13.9. The minimum absolute atomic E-state index is 0.155. The maximum Gasteiger partial charge on any atom is 0.343 e. The monoisotopic (exact) mass is 394 g/mol. The number of carbonyl (C=O) groups is 3. The summed E-state index contributed by atoms with van der Waals surface area (Å²) in [4.78, 5) is 34.9. The number of esters is 3. The molecule has 0 fully saturated rings. The van der Waals surface area contributed by atoms with Crippen LogP contribution in [0.2, 0.25) is 0 Å². The van der Waals surface area contributed by atoms with Gasteiger partial charge in [-0.3, -0.25) is 9.59 Å². The number of methoxy groups -OCH3 is 1. The average molecular weight is 394 g/mol. The van der Waals surface area contributed by atoms with Gasteiger partial charge < -0.3 is 18.9 Å². The van der Waals surface area contributed by atoms with Crippen molar-refractivity contribution in [3.05, 3.63) is 65.2 Å². The summed E-state index contributed by atoms with van der Waals surface area (Å²) in [6.45, 7) is 2.52. The lowest BCUT2D eigenvalue weighted by molar-refractivity contribution is -0.132. The highest BCUT2D eigenvalue weighted by Gasteiger charge is 2.23. The molecule has 148 valence electrons. The lowest BCUT2D eigenvalue weighted by Gasteiger charge is -2.08. The molecule has 0 aliphatic carbocycles. The molecule has 0 bridgehead atoms. The van der Waals surface area contributed by atoms with Crippen molar-refractivity contribution >= 4 is 29.7 Å². The van der Waals surface area contributed by atoms with Crippen LogP contribution in [0.3, 0.4) is 0 Å². The second-order valence-electron chi connectivity index (χ2n) is 6.11. The highest BCUT2D eigenvalue weighted by Crippen LogP contribution is 2.32. The van der Waals surface area contributed by atoms with E-state index in [0.717, 1.165) is 0 Å². The van der Waals surface area contributed by atoms with E-state index >= 15 is 0 Å². The fourth-order valence-corrected chi connectivity index (χ4v) is 2.66. The van der Waals surface area contributed by atoms with Gasteiger partial charge in [0.2, 0.25) is 0 Å². The molecule has 0 saturated heterocycles. The lowest BCUT2D eigenvalue weighted by Crippen LogP contribution is -2.05. The number of ether oxygens (including phenoxy) is 4. The third kappa shape index (κ3) is 4.90. The van der Waals surface area contributed by atoms with E-state index in [2.05, 4.69) is 0 Å². The quantitative estimate of drug-likeness (QED) is 0.435. The SMILES string of the molecule is COc1ccc(C2=CC(=Cc3ccc(OC(C)=O)cc3OC(C)=O)C(=O)O2)cc1. The molecule has 0 spiro atoms. The van der Waals surface area contributed by atoms with Gasteiger partial charge in [0.25, 0.3) is 0 Å². The number of hydrogen-bond acceptors (Lipinski definition) is 7. The molecule has 2 aromatic rings. The summed E-state index contributed by atoms with van der Waals surface area (Å²) >= 11 is 0. The highest BCUT2D eigenvalue weighted by molar-refractivity contribution is 6.05. The smallest absolute Gasteiger partial charge is 0.343 e. The number of rotatable bonds is 5. The normalized spacial score (nSPS) is 14.2. The molecule has 3 rings (SSSR count). The van der Waals surface area contributed by atoms with Crippen LogP contribution in [0.15, 0.2) is 54.1 Å². The Morgan fingerprint density at radius 1 is 0.931 bits per heavy atom. The van der Waals surface area contributed by atoms with Crippen LogP contribution in [-0.2, 0) is 19.1 Å². The zero-order valence-electron chi connectivity index (χ0n) is 16.1. The van der Waals surface area contributed by atoms with Gasteiger partial charge in [-0.2, -0.15) is 0 Å². The number of cyclic esters (lactones) is 1. The Labute approximate surface area is 167 Å². The topological polar surface area (TPSA) is 88.1 Å². The minimum Gasteiger partial charge on any atom is -0.497 e. The molecule has 7 heteroatoms. The zero-order valence-corrected chi connectivity index (χ0v) is 16.1. The summed E-state index contributed by atoms with van der Waals surface area (Å²) in [7, 11) is 1.57. The molecular weight excluding hydrogens is 376 g/mol. The molecule has 0 radical (unpaired) electrons. The Hall–Kier alpha value is -3.87. The van der Waals surface area contributed by atoms with Gasteiger partial charge in [-0.15, -0.1) is 0 Å². The van der Waals surface area contributed by atoms with Crippen LogP contribution < -0.4 is 14.2 Å². The number of benzene rings is 2. The van der Waals surface area contributed by atoms with Gasteiger partial charge in [0.15, 0.2) is 0 Å². The molecule has 1 aliphatic heterocycles. The van der Waals surface area contributed by atoms with Gasteiger partial charge >= 0.3 is 17.9 Å². The first-order valence-corrected chi connectivity index (χ1v) is 8.66. The van der Waals surface area contributed by atoms with Crippen LogP contribution in [0.5, 0.6) is 17.2 Å². The van der Waals surface area contributed by atoms with E-state index in [0.29, 0.717) is 22.6 Å². The predicted molar refractivity (Wildman–Crippen MR) is 104 cm³/mol. The van der Waals surface area contributed by atoms with Gasteiger partial charge in [0.1, 0.15) is 23.0 Å². The molecular formula is C22H18O7.